The monoisotopic (exact) mass is 604 g/mol. The van der Waals surface area contributed by atoms with Gasteiger partial charge in [0, 0.05) is 24.5 Å². The third-order valence-electron chi connectivity index (χ3n) is 6.00. The maximum Gasteiger partial charge on any atom is 0.256 e. The van der Waals surface area contributed by atoms with E-state index in [4.69, 9.17) is 42.1 Å². The highest BCUT2D eigenvalue weighted by molar-refractivity contribution is 6.33. The molecule has 0 bridgehead atoms. The van der Waals surface area contributed by atoms with Gasteiger partial charge < -0.3 is 34.9 Å². The Labute approximate surface area is 247 Å². The smallest absolute Gasteiger partial charge is 0.256 e. The van der Waals surface area contributed by atoms with Crippen molar-refractivity contribution in [3.05, 3.63) is 63.9 Å². The molecule has 2 aromatic carbocycles. The van der Waals surface area contributed by atoms with E-state index in [0.717, 1.165) is 0 Å². The Morgan fingerprint density at radius 3 is 1.73 bits per heavy atom. The topological polar surface area (TPSA) is 137 Å². The number of hydrogen-bond acceptors (Lipinski definition) is 8. The average molecular weight is 605 g/mol. The molecule has 0 radical (unpaired) electrons. The summed E-state index contributed by atoms with van der Waals surface area (Å²) in [6.45, 7) is 3.53. The fourth-order valence-electron chi connectivity index (χ4n) is 3.84. The first-order valence-corrected chi connectivity index (χ1v) is 13.0. The standard InChI is InChI=1S/C28H30Cl2N4O7/c1-14(2)25(28(37)33-20-10-18(30)22(39-4)12-24(20)41-6)34-27(36)16-13-31-8-7-15(16)26(35)32-19-9-17(29)21(38-3)11-23(19)40-5/h7-14,25H,1-6H3,(H,32,35)(H,33,37)(H,34,36)/t25-/m0/s1. The van der Waals surface area contributed by atoms with Crippen LogP contribution < -0.4 is 34.9 Å². The summed E-state index contributed by atoms with van der Waals surface area (Å²) in [5, 5.41) is 8.64. The minimum atomic E-state index is -0.996. The lowest BCUT2D eigenvalue weighted by Gasteiger charge is -2.23. The Bertz CT molecular complexity index is 1450. The summed E-state index contributed by atoms with van der Waals surface area (Å²) < 4.78 is 21.1. The first-order chi connectivity index (χ1) is 19.5. The van der Waals surface area contributed by atoms with Crippen molar-refractivity contribution in [3.8, 4) is 23.0 Å². The molecule has 1 atom stereocenters. The van der Waals surface area contributed by atoms with Crippen LogP contribution in [0.4, 0.5) is 11.4 Å². The number of anilines is 2. The number of carbonyl (C=O) groups excluding carboxylic acids is 3. The summed E-state index contributed by atoms with van der Waals surface area (Å²) in [5.74, 6) is -0.834. The highest BCUT2D eigenvalue weighted by atomic mass is 35.5. The molecule has 3 amide bonds. The largest absolute Gasteiger partial charge is 0.495 e. The SMILES string of the molecule is COc1cc(OC)c(NC(=O)c2ccncc2C(=O)N[C@H](C(=O)Nc2cc(Cl)c(OC)cc2OC)C(C)C)cc1Cl. The molecule has 3 rings (SSSR count). The normalized spacial score (nSPS) is 11.3. The Kier molecular flexibility index (Phi) is 10.6. The van der Waals surface area contributed by atoms with Gasteiger partial charge in [0.1, 0.15) is 29.0 Å². The van der Waals surface area contributed by atoms with E-state index >= 15 is 0 Å². The molecule has 11 nitrogen and oxygen atoms in total. The fourth-order valence-corrected chi connectivity index (χ4v) is 4.32. The quantitative estimate of drug-likeness (QED) is 0.276. The van der Waals surface area contributed by atoms with Gasteiger partial charge in [-0.15, -0.1) is 0 Å². The number of rotatable bonds is 11. The van der Waals surface area contributed by atoms with Gasteiger partial charge in [-0.1, -0.05) is 37.0 Å². The fraction of sp³-hybridized carbons (Fsp3) is 0.286. The van der Waals surface area contributed by atoms with Gasteiger partial charge in [-0.3, -0.25) is 19.4 Å². The molecule has 3 aromatic rings. The highest BCUT2D eigenvalue weighted by Crippen LogP contribution is 2.37. The molecule has 13 heteroatoms. The number of pyridine rings is 1. The number of hydrogen-bond donors (Lipinski definition) is 3. The number of carbonyl (C=O) groups is 3. The van der Waals surface area contributed by atoms with Crippen molar-refractivity contribution in [3.63, 3.8) is 0 Å². The molecule has 41 heavy (non-hydrogen) atoms. The highest BCUT2D eigenvalue weighted by Gasteiger charge is 2.28. The summed E-state index contributed by atoms with van der Waals surface area (Å²) in [6, 6.07) is 6.40. The third kappa shape index (κ3) is 7.30. The van der Waals surface area contributed by atoms with E-state index in [1.807, 2.05) is 0 Å². The summed E-state index contributed by atoms with van der Waals surface area (Å²) in [6.07, 6.45) is 2.61. The van der Waals surface area contributed by atoms with Crippen LogP contribution in [0.2, 0.25) is 10.0 Å². The van der Waals surface area contributed by atoms with Crippen molar-refractivity contribution < 1.29 is 33.3 Å². The van der Waals surface area contributed by atoms with Crippen LogP contribution in [0.1, 0.15) is 34.6 Å². The summed E-state index contributed by atoms with van der Waals surface area (Å²) in [4.78, 5) is 43.9. The van der Waals surface area contributed by atoms with Crippen molar-refractivity contribution in [2.75, 3.05) is 39.1 Å². The Hall–Kier alpha value is -4.22. The second-order valence-corrected chi connectivity index (χ2v) is 9.75. The van der Waals surface area contributed by atoms with Gasteiger partial charge in [0.25, 0.3) is 11.8 Å². The maximum atomic E-state index is 13.4. The van der Waals surface area contributed by atoms with E-state index in [-0.39, 0.29) is 38.5 Å². The molecule has 0 saturated carbocycles. The van der Waals surface area contributed by atoms with Gasteiger partial charge in [-0.05, 0) is 24.1 Å². The number of nitrogens with zero attached hydrogens (tertiary/aromatic N) is 1. The van der Waals surface area contributed by atoms with Crippen molar-refractivity contribution in [2.45, 2.75) is 19.9 Å². The van der Waals surface area contributed by atoms with Crippen LogP contribution >= 0.6 is 23.2 Å². The summed E-state index contributed by atoms with van der Waals surface area (Å²) in [5.41, 5.74) is 0.514. The number of ether oxygens (including phenoxy) is 4. The van der Waals surface area contributed by atoms with Crippen LogP contribution in [0.25, 0.3) is 0 Å². The molecule has 0 unspecified atom stereocenters. The van der Waals surface area contributed by atoms with Crippen LogP contribution in [0.5, 0.6) is 23.0 Å². The van der Waals surface area contributed by atoms with Crippen molar-refractivity contribution in [1.29, 1.82) is 0 Å². The van der Waals surface area contributed by atoms with Crippen LogP contribution in [0.15, 0.2) is 42.7 Å². The minimum absolute atomic E-state index is 0.0120. The zero-order valence-electron chi connectivity index (χ0n) is 23.3. The molecule has 0 spiro atoms. The molecular weight excluding hydrogens is 575 g/mol. The molecule has 1 aromatic heterocycles. The van der Waals surface area contributed by atoms with Crippen molar-refractivity contribution in [1.82, 2.24) is 10.3 Å². The van der Waals surface area contributed by atoms with E-state index < -0.39 is 23.8 Å². The Morgan fingerprint density at radius 2 is 1.24 bits per heavy atom. The van der Waals surface area contributed by atoms with E-state index in [2.05, 4.69) is 20.9 Å². The van der Waals surface area contributed by atoms with E-state index in [1.165, 1.54) is 71.2 Å². The number of halogens is 2. The number of nitrogens with one attached hydrogen (secondary N) is 3. The summed E-state index contributed by atoms with van der Waals surface area (Å²) >= 11 is 12.5. The Balaban J connectivity index is 1.85. The summed E-state index contributed by atoms with van der Waals surface area (Å²) in [7, 11) is 5.77. The Morgan fingerprint density at radius 1 is 0.732 bits per heavy atom. The van der Waals surface area contributed by atoms with Gasteiger partial charge >= 0.3 is 0 Å². The minimum Gasteiger partial charge on any atom is -0.495 e. The van der Waals surface area contributed by atoms with Crippen molar-refractivity contribution >= 4 is 52.3 Å². The molecule has 0 fully saturated rings. The van der Waals surface area contributed by atoms with Gasteiger partial charge in [-0.2, -0.15) is 0 Å². The lowest BCUT2D eigenvalue weighted by molar-refractivity contribution is -0.118. The molecule has 3 N–H and O–H groups in total. The average Bonchev–Trinajstić information content (AvgIpc) is 2.95. The maximum absolute atomic E-state index is 13.4. The predicted molar refractivity (Wildman–Crippen MR) is 156 cm³/mol. The van der Waals surface area contributed by atoms with Crippen LogP contribution in [-0.4, -0.2) is 57.2 Å². The van der Waals surface area contributed by atoms with Crippen molar-refractivity contribution in [2.24, 2.45) is 5.92 Å². The molecule has 0 aliphatic rings. The third-order valence-corrected chi connectivity index (χ3v) is 6.59. The first kappa shape index (κ1) is 31.3. The molecule has 0 saturated heterocycles. The van der Waals surface area contributed by atoms with Gasteiger partial charge in [-0.25, -0.2) is 0 Å². The van der Waals surface area contributed by atoms with E-state index in [0.29, 0.717) is 23.0 Å². The van der Waals surface area contributed by atoms with Gasteiger partial charge in [0.2, 0.25) is 5.91 Å². The zero-order valence-corrected chi connectivity index (χ0v) is 24.8. The van der Waals surface area contributed by atoms with E-state index in [1.54, 1.807) is 13.8 Å². The molecular formula is C28H30Cl2N4O7. The number of amides is 3. The molecule has 0 aliphatic heterocycles. The lowest BCUT2D eigenvalue weighted by Crippen LogP contribution is -2.47. The van der Waals surface area contributed by atoms with Crippen LogP contribution in [-0.2, 0) is 4.79 Å². The number of benzene rings is 2. The first-order valence-electron chi connectivity index (χ1n) is 12.2. The number of methoxy groups -OCH3 is 4. The lowest BCUT2D eigenvalue weighted by atomic mass is 10.0. The zero-order chi connectivity index (χ0) is 30.3. The van der Waals surface area contributed by atoms with Gasteiger partial charge in [0.05, 0.1) is 61.0 Å². The number of aromatic nitrogens is 1. The second-order valence-electron chi connectivity index (χ2n) is 8.93. The molecule has 218 valence electrons. The second kappa shape index (κ2) is 13.9. The van der Waals surface area contributed by atoms with Gasteiger partial charge in [0.15, 0.2) is 0 Å². The van der Waals surface area contributed by atoms with Crippen LogP contribution in [0.3, 0.4) is 0 Å². The van der Waals surface area contributed by atoms with Crippen LogP contribution in [0, 0.1) is 5.92 Å². The predicted octanol–water partition coefficient (Wildman–Crippen LogP) is 5.07. The molecule has 0 aliphatic carbocycles. The molecule has 1 heterocycles. The van der Waals surface area contributed by atoms with E-state index in [9.17, 15) is 14.4 Å².